The zero-order valence-electron chi connectivity index (χ0n) is 16.2. The molecule has 0 unspecified atom stereocenters. The van der Waals surface area contributed by atoms with Gasteiger partial charge >= 0.3 is 0 Å². The molecule has 28 heavy (non-hydrogen) atoms. The molecule has 2 rings (SSSR count). The standard InChI is InChI=1S/C20H25ClN2O4S/c1-14(2)10-11-22-20(24)16-6-9-18(27-3)19(12-16)28(25,26)23-13-15-4-7-17(21)8-5-15/h4-9,12,14,23H,10-11,13H2,1-3H3,(H,22,24). The first-order valence-electron chi connectivity index (χ1n) is 8.93. The number of hydrogen-bond acceptors (Lipinski definition) is 4. The summed E-state index contributed by atoms with van der Waals surface area (Å²) in [6.07, 6.45) is 0.843. The lowest BCUT2D eigenvalue weighted by Gasteiger charge is -2.13. The van der Waals surface area contributed by atoms with Crippen molar-refractivity contribution in [2.45, 2.75) is 31.7 Å². The molecule has 2 aromatic carbocycles. The molecule has 6 nitrogen and oxygen atoms in total. The van der Waals surface area contributed by atoms with Crippen molar-refractivity contribution in [2.75, 3.05) is 13.7 Å². The Labute approximate surface area is 171 Å². The van der Waals surface area contributed by atoms with Gasteiger partial charge in [0.15, 0.2) is 0 Å². The smallest absolute Gasteiger partial charge is 0.251 e. The quantitative estimate of drug-likeness (QED) is 0.644. The number of sulfonamides is 1. The van der Waals surface area contributed by atoms with Crippen molar-refractivity contribution < 1.29 is 17.9 Å². The summed E-state index contributed by atoms with van der Waals surface area (Å²) in [5.41, 5.74) is 1.02. The largest absolute Gasteiger partial charge is 0.495 e. The Morgan fingerprint density at radius 3 is 2.43 bits per heavy atom. The SMILES string of the molecule is COc1ccc(C(=O)NCCC(C)C)cc1S(=O)(=O)NCc1ccc(Cl)cc1. The van der Waals surface area contributed by atoms with Gasteiger partial charge in [0.25, 0.3) is 5.91 Å². The molecular formula is C20H25ClN2O4S. The molecule has 0 bridgehead atoms. The Hall–Kier alpha value is -2.09. The maximum Gasteiger partial charge on any atom is 0.251 e. The maximum absolute atomic E-state index is 12.8. The number of nitrogens with one attached hydrogen (secondary N) is 2. The van der Waals surface area contributed by atoms with E-state index in [1.54, 1.807) is 30.3 Å². The van der Waals surface area contributed by atoms with Crippen LogP contribution in [-0.2, 0) is 16.6 Å². The second kappa shape index (κ2) is 9.91. The van der Waals surface area contributed by atoms with Gasteiger partial charge in [0, 0.05) is 23.7 Å². The molecule has 0 heterocycles. The van der Waals surface area contributed by atoms with Gasteiger partial charge in [-0.3, -0.25) is 4.79 Å². The van der Waals surface area contributed by atoms with Gasteiger partial charge in [0.1, 0.15) is 10.6 Å². The second-order valence-electron chi connectivity index (χ2n) is 6.76. The molecule has 8 heteroatoms. The maximum atomic E-state index is 12.8. The van der Waals surface area contributed by atoms with E-state index >= 15 is 0 Å². The average molecular weight is 425 g/mol. The number of benzene rings is 2. The minimum atomic E-state index is -3.89. The number of carbonyl (C=O) groups is 1. The van der Waals surface area contributed by atoms with Crippen LogP contribution in [0.5, 0.6) is 5.75 Å². The topological polar surface area (TPSA) is 84.5 Å². The summed E-state index contributed by atoms with van der Waals surface area (Å²) in [4.78, 5) is 12.3. The van der Waals surface area contributed by atoms with Gasteiger partial charge in [-0.05, 0) is 48.2 Å². The van der Waals surface area contributed by atoms with Crippen molar-refractivity contribution in [2.24, 2.45) is 5.92 Å². The number of rotatable bonds is 9. The first-order valence-corrected chi connectivity index (χ1v) is 10.8. The molecule has 2 N–H and O–H groups in total. The third kappa shape index (κ3) is 6.22. The lowest BCUT2D eigenvalue weighted by molar-refractivity contribution is 0.0951. The lowest BCUT2D eigenvalue weighted by atomic mass is 10.1. The van der Waals surface area contributed by atoms with Gasteiger partial charge in [-0.2, -0.15) is 0 Å². The average Bonchev–Trinajstić information content (AvgIpc) is 2.66. The molecule has 0 aromatic heterocycles. The normalized spacial score (nSPS) is 11.5. The van der Waals surface area contributed by atoms with Crippen molar-refractivity contribution >= 4 is 27.5 Å². The second-order valence-corrected chi connectivity index (χ2v) is 8.93. The van der Waals surface area contributed by atoms with Gasteiger partial charge in [0.05, 0.1) is 7.11 Å². The van der Waals surface area contributed by atoms with E-state index in [9.17, 15) is 13.2 Å². The fraction of sp³-hybridized carbons (Fsp3) is 0.350. The van der Waals surface area contributed by atoms with E-state index in [2.05, 4.69) is 23.9 Å². The van der Waals surface area contributed by atoms with E-state index in [-0.39, 0.29) is 28.7 Å². The Morgan fingerprint density at radius 2 is 1.82 bits per heavy atom. The minimum Gasteiger partial charge on any atom is -0.495 e. The Kier molecular flexibility index (Phi) is 7.86. The number of hydrogen-bond donors (Lipinski definition) is 2. The van der Waals surface area contributed by atoms with Crippen molar-refractivity contribution in [3.63, 3.8) is 0 Å². The number of halogens is 1. The summed E-state index contributed by atoms with van der Waals surface area (Å²) in [5.74, 6) is 0.309. The zero-order chi connectivity index (χ0) is 20.7. The summed E-state index contributed by atoms with van der Waals surface area (Å²) < 4.78 is 33.3. The highest BCUT2D eigenvalue weighted by Gasteiger charge is 2.21. The van der Waals surface area contributed by atoms with Crippen LogP contribution >= 0.6 is 11.6 Å². The summed E-state index contributed by atoms with van der Waals surface area (Å²) in [6.45, 7) is 4.75. The number of methoxy groups -OCH3 is 1. The molecule has 0 fully saturated rings. The van der Waals surface area contributed by atoms with Crippen LogP contribution in [0.2, 0.25) is 5.02 Å². The minimum absolute atomic E-state index is 0.0829. The molecule has 0 radical (unpaired) electrons. The monoisotopic (exact) mass is 424 g/mol. The fourth-order valence-electron chi connectivity index (χ4n) is 2.46. The van der Waals surface area contributed by atoms with Crippen molar-refractivity contribution in [1.29, 1.82) is 0 Å². The summed E-state index contributed by atoms with van der Waals surface area (Å²) in [7, 11) is -2.50. The molecule has 0 spiro atoms. The molecule has 1 amide bonds. The summed E-state index contributed by atoms with van der Waals surface area (Å²) in [5, 5.41) is 3.38. The molecule has 0 saturated heterocycles. The molecule has 0 atom stereocenters. The van der Waals surface area contributed by atoms with Crippen LogP contribution in [0.15, 0.2) is 47.4 Å². The van der Waals surface area contributed by atoms with Crippen LogP contribution in [0.25, 0.3) is 0 Å². The number of ether oxygens (including phenoxy) is 1. The Morgan fingerprint density at radius 1 is 1.14 bits per heavy atom. The number of amides is 1. The van der Waals surface area contributed by atoms with E-state index in [0.717, 1.165) is 12.0 Å². The van der Waals surface area contributed by atoms with Gasteiger partial charge in [-0.15, -0.1) is 0 Å². The predicted octanol–water partition coefficient (Wildman–Crippen LogP) is 3.60. The predicted molar refractivity (Wildman–Crippen MR) is 110 cm³/mol. The highest BCUT2D eigenvalue weighted by molar-refractivity contribution is 7.89. The Bertz CT molecular complexity index is 912. The van der Waals surface area contributed by atoms with E-state index in [4.69, 9.17) is 16.3 Å². The highest BCUT2D eigenvalue weighted by atomic mass is 35.5. The van der Waals surface area contributed by atoms with Crippen LogP contribution in [0.3, 0.4) is 0 Å². The van der Waals surface area contributed by atoms with Gasteiger partial charge < -0.3 is 10.1 Å². The molecule has 2 aromatic rings. The van der Waals surface area contributed by atoms with Crippen molar-refractivity contribution in [3.8, 4) is 5.75 Å². The van der Waals surface area contributed by atoms with Crippen molar-refractivity contribution in [1.82, 2.24) is 10.0 Å². The van der Waals surface area contributed by atoms with E-state index < -0.39 is 10.0 Å². The lowest BCUT2D eigenvalue weighted by Crippen LogP contribution is -2.27. The summed E-state index contributed by atoms with van der Waals surface area (Å²) >= 11 is 5.84. The molecule has 0 saturated carbocycles. The van der Waals surface area contributed by atoms with Gasteiger partial charge in [-0.25, -0.2) is 13.1 Å². The van der Waals surface area contributed by atoms with E-state index in [1.807, 2.05) is 0 Å². The molecule has 0 aliphatic carbocycles. The van der Waals surface area contributed by atoms with Crippen LogP contribution in [-0.4, -0.2) is 28.0 Å². The zero-order valence-corrected chi connectivity index (χ0v) is 17.7. The molecule has 0 aliphatic rings. The summed E-state index contributed by atoms with van der Waals surface area (Å²) in [6, 6.07) is 11.2. The molecular weight excluding hydrogens is 400 g/mol. The third-order valence-corrected chi connectivity index (χ3v) is 5.78. The third-order valence-electron chi connectivity index (χ3n) is 4.10. The number of carbonyl (C=O) groups excluding carboxylic acids is 1. The van der Waals surface area contributed by atoms with Crippen LogP contribution < -0.4 is 14.8 Å². The fourth-order valence-corrected chi connectivity index (χ4v) is 3.80. The molecule has 0 aliphatic heterocycles. The molecule has 152 valence electrons. The first-order chi connectivity index (χ1) is 13.2. The van der Waals surface area contributed by atoms with Crippen LogP contribution in [0, 0.1) is 5.92 Å². The first kappa shape index (κ1) is 22.2. The van der Waals surface area contributed by atoms with Crippen LogP contribution in [0.1, 0.15) is 36.2 Å². The van der Waals surface area contributed by atoms with E-state index in [0.29, 0.717) is 17.5 Å². The van der Waals surface area contributed by atoms with Gasteiger partial charge in [-0.1, -0.05) is 37.6 Å². The van der Waals surface area contributed by atoms with E-state index in [1.165, 1.54) is 19.2 Å². The Balaban J connectivity index is 2.18. The van der Waals surface area contributed by atoms with Gasteiger partial charge in [0.2, 0.25) is 10.0 Å². The van der Waals surface area contributed by atoms with Crippen molar-refractivity contribution in [3.05, 3.63) is 58.6 Å². The highest BCUT2D eigenvalue weighted by Crippen LogP contribution is 2.25. The van der Waals surface area contributed by atoms with Crippen LogP contribution in [0.4, 0.5) is 0 Å².